The molecule has 0 saturated heterocycles. The zero-order valence-electron chi connectivity index (χ0n) is 10.2. The number of nitriles is 1. The van der Waals surface area contributed by atoms with Gasteiger partial charge in [-0.25, -0.2) is 0 Å². The Labute approximate surface area is 109 Å². The van der Waals surface area contributed by atoms with Crippen molar-refractivity contribution in [2.45, 2.75) is 6.54 Å². The second kappa shape index (κ2) is 5.64. The summed E-state index contributed by atoms with van der Waals surface area (Å²) in [6, 6.07) is 8.80. The summed E-state index contributed by atoms with van der Waals surface area (Å²) in [5.74, 6) is 0.551. The van der Waals surface area contributed by atoms with E-state index in [1.165, 1.54) is 10.9 Å². The first-order valence-electron chi connectivity index (χ1n) is 5.44. The number of hydrogen-bond acceptors (Lipinski definition) is 5. The molecule has 0 atom stereocenters. The molecule has 1 aromatic heterocycles. The molecule has 0 saturated carbocycles. The normalized spacial score (nSPS) is 9.68. The molecule has 19 heavy (non-hydrogen) atoms. The Balaban J connectivity index is 1.99. The molecule has 0 spiro atoms. The molecule has 96 valence electrons. The summed E-state index contributed by atoms with van der Waals surface area (Å²) in [4.78, 5) is 11.8. The summed E-state index contributed by atoms with van der Waals surface area (Å²) in [5, 5.41) is 18.6. The zero-order chi connectivity index (χ0) is 13.7. The van der Waals surface area contributed by atoms with Crippen LogP contribution in [0.5, 0.6) is 5.75 Å². The van der Waals surface area contributed by atoms with Gasteiger partial charge in [0, 0.05) is 5.69 Å². The molecule has 7 heteroatoms. The van der Waals surface area contributed by atoms with Crippen LogP contribution in [-0.2, 0) is 11.3 Å². The maximum Gasteiger partial charge on any atom is 0.244 e. The number of benzene rings is 1. The van der Waals surface area contributed by atoms with Crippen LogP contribution in [0.2, 0.25) is 0 Å². The lowest BCUT2D eigenvalue weighted by molar-refractivity contribution is -0.116. The van der Waals surface area contributed by atoms with Crippen LogP contribution in [0.1, 0.15) is 5.82 Å². The fourth-order valence-corrected chi connectivity index (χ4v) is 1.49. The summed E-state index contributed by atoms with van der Waals surface area (Å²) in [7, 11) is 1.57. The molecule has 0 aliphatic carbocycles. The predicted octanol–water partition coefficient (Wildman–Crippen LogP) is 0.797. The van der Waals surface area contributed by atoms with Crippen LogP contribution in [0.3, 0.4) is 0 Å². The fourth-order valence-electron chi connectivity index (χ4n) is 1.49. The van der Waals surface area contributed by atoms with Gasteiger partial charge in [0.2, 0.25) is 11.7 Å². The number of amides is 1. The molecule has 0 aliphatic heterocycles. The SMILES string of the molecule is COc1ccc(NC(=O)Cn2cnnc2C#N)cc1. The maximum atomic E-state index is 11.8. The summed E-state index contributed by atoms with van der Waals surface area (Å²) in [6.45, 7) is -0.0120. The molecule has 0 bridgehead atoms. The van der Waals surface area contributed by atoms with Gasteiger partial charge in [0.25, 0.3) is 0 Å². The molecule has 0 unspecified atom stereocenters. The van der Waals surface area contributed by atoms with E-state index in [0.29, 0.717) is 11.4 Å². The molecule has 0 radical (unpaired) electrons. The number of carbonyl (C=O) groups excluding carboxylic acids is 1. The van der Waals surface area contributed by atoms with Crippen LogP contribution in [-0.4, -0.2) is 27.8 Å². The second-order valence-electron chi connectivity index (χ2n) is 3.67. The number of aromatic nitrogens is 3. The Kier molecular flexibility index (Phi) is 3.73. The van der Waals surface area contributed by atoms with Crippen LogP contribution in [0.25, 0.3) is 0 Å². The van der Waals surface area contributed by atoms with Gasteiger partial charge < -0.3 is 10.1 Å². The molecule has 1 N–H and O–H groups in total. The van der Waals surface area contributed by atoms with Crippen molar-refractivity contribution in [3.63, 3.8) is 0 Å². The Hall–Kier alpha value is -2.88. The van der Waals surface area contributed by atoms with Crippen molar-refractivity contribution in [2.75, 3.05) is 12.4 Å². The number of anilines is 1. The third kappa shape index (κ3) is 3.07. The van der Waals surface area contributed by atoms with Gasteiger partial charge in [0.15, 0.2) is 0 Å². The largest absolute Gasteiger partial charge is 0.497 e. The highest BCUT2D eigenvalue weighted by molar-refractivity contribution is 5.90. The van der Waals surface area contributed by atoms with Gasteiger partial charge >= 0.3 is 0 Å². The lowest BCUT2D eigenvalue weighted by Crippen LogP contribution is -2.19. The minimum absolute atomic E-state index is 0.0120. The van der Waals surface area contributed by atoms with Crippen molar-refractivity contribution < 1.29 is 9.53 Å². The molecule has 7 nitrogen and oxygen atoms in total. The zero-order valence-corrected chi connectivity index (χ0v) is 10.2. The van der Waals surface area contributed by atoms with E-state index < -0.39 is 0 Å². The highest BCUT2D eigenvalue weighted by Gasteiger charge is 2.08. The third-order valence-corrected chi connectivity index (χ3v) is 2.40. The van der Waals surface area contributed by atoms with E-state index in [4.69, 9.17) is 10.00 Å². The summed E-state index contributed by atoms with van der Waals surface area (Å²) < 4.78 is 6.39. The fraction of sp³-hybridized carbons (Fsp3) is 0.167. The van der Waals surface area contributed by atoms with Crippen LogP contribution >= 0.6 is 0 Å². The molecule has 2 aromatic rings. The first-order chi connectivity index (χ1) is 9.22. The number of ether oxygens (including phenoxy) is 1. The van der Waals surface area contributed by atoms with Crippen molar-refractivity contribution in [1.29, 1.82) is 5.26 Å². The molecular weight excluding hydrogens is 246 g/mol. The van der Waals surface area contributed by atoms with Gasteiger partial charge in [-0.3, -0.25) is 9.36 Å². The van der Waals surface area contributed by atoms with Gasteiger partial charge in [-0.05, 0) is 24.3 Å². The number of carbonyl (C=O) groups is 1. The monoisotopic (exact) mass is 257 g/mol. The van der Waals surface area contributed by atoms with Crippen LogP contribution < -0.4 is 10.1 Å². The molecule has 1 heterocycles. The van der Waals surface area contributed by atoms with Gasteiger partial charge in [-0.15, -0.1) is 10.2 Å². The van der Waals surface area contributed by atoms with Gasteiger partial charge in [-0.1, -0.05) is 0 Å². The maximum absolute atomic E-state index is 11.8. The Bertz CT molecular complexity index is 612. The average molecular weight is 257 g/mol. The van der Waals surface area contributed by atoms with E-state index in [2.05, 4.69) is 15.5 Å². The van der Waals surface area contributed by atoms with Crippen LogP contribution in [0.4, 0.5) is 5.69 Å². The van der Waals surface area contributed by atoms with Gasteiger partial charge in [-0.2, -0.15) is 5.26 Å². The smallest absolute Gasteiger partial charge is 0.244 e. The lowest BCUT2D eigenvalue weighted by Gasteiger charge is -2.06. The molecule has 1 aromatic carbocycles. The van der Waals surface area contributed by atoms with Crippen molar-refractivity contribution in [3.8, 4) is 11.8 Å². The molecule has 1 amide bonds. The quantitative estimate of drug-likeness (QED) is 0.874. The van der Waals surface area contributed by atoms with Crippen molar-refractivity contribution >= 4 is 11.6 Å². The van der Waals surface area contributed by atoms with Crippen molar-refractivity contribution in [3.05, 3.63) is 36.4 Å². The summed E-state index contributed by atoms with van der Waals surface area (Å²) in [6.07, 6.45) is 1.34. The first kappa shape index (κ1) is 12.6. The van der Waals surface area contributed by atoms with Crippen LogP contribution in [0.15, 0.2) is 30.6 Å². The van der Waals surface area contributed by atoms with E-state index in [1.807, 2.05) is 6.07 Å². The minimum atomic E-state index is -0.263. The minimum Gasteiger partial charge on any atom is -0.497 e. The number of nitrogens with zero attached hydrogens (tertiary/aromatic N) is 4. The topological polar surface area (TPSA) is 92.8 Å². The van der Waals surface area contributed by atoms with Crippen molar-refractivity contribution in [2.24, 2.45) is 0 Å². The number of rotatable bonds is 4. The van der Waals surface area contributed by atoms with Gasteiger partial charge in [0.1, 0.15) is 24.7 Å². The van der Waals surface area contributed by atoms with E-state index in [1.54, 1.807) is 31.4 Å². The van der Waals surface area contributed by atoms with Crippen molar-refractivity contribution in [1.82, 2.24) is 14.8 Å². The predicted molar refractivity (Wildman–Crippen MR) is 66.4 cm³/mol. The Morgan fingerprint density at radius 1 is 1.47 bits per heavy atom. The molecule has 0 fully saturated rings. The average Bonchev–Trinajstić information content (AvgIpc) is 2.86. The standard InChI is InChI=1S/C12H11N5O2/c1-19-10-4-2-9(3-5-10)15-12(18)7-17-8-14-16-11(17)6-13/h2-5,8H,7H2,1H3,(H,15,18). The number of hydrogen-bond donors (Lipinski definition) is 1. The van der Waals surface area contributed by atoms with E-state index in [9.17, 15) is 4.79 Å². The molecule has 0 aliphatic rings. The second-order valence-corrected chi connectivity index (χ2v) is 3.67. The molecule has 2 rings (SSSR count). The summed E-state index contributed by atoms with van der Waals surface area (Å²) in [5.41, 5.74) is 0.650. The van der Waals surface area contributed by atoms with E-state index in [0.717, 1.165) is 0 Å². The van der Waals surface area contributed by atoms with Gasteiger partial charge in [0.05, 0.1) is 7.11 Å². The van der Waals surface area contributed by atoms with Crippen LogP contribution in [0, 0.1) is 11.3 Å². The Morgan fingerprint density at radius 3 is 2.84 bits per heavy atom. The highest BCUT2D eigenvalue weighted by Crippen LogP contribution is 2.14. The first-order valence-corrected chi connectivity index (χ1v) is 5.44. The van der Waals surface area contributed by atoms with E-state index in [-0.39, 0.29) is 18.3 Å². The summed E-state index contributed by atoms with van der Waals surface area (Å²) >= 11 is 0. The highest BCUT2D eigenvalue weighted by atomic mass is 16.5. The number of nitrogens with one attached hydrogen (secondary N) is 1. The molecular formula is C12H11N5O2. The number of methoxy groups -OCH3 is 1. The van der Waals surface area contributed by atoms with E-state index >= 15 is 0 Å². The Morgan fingerprint density at radius 2 is 2.21 bits per heavy atom. The lowest BCUT2D eigenvalue weighted by atomic mass is 10.3. The third-order valence-electron chi connectivity index (χ3n) is 2.40.